The number of halogens is 6. The molecule has 4 rings (SSSR count). The fraction of sp³-hybridized carbons (Fsp3) is 0.257. The van der Waals surface area contributed by atoms with Crippen LogP contribution >= 0.6 is 0 Å². The molecule has 0 aliphatic heterocycles. The van der Waals surface area contributed by atoms with Gasteiger partial charge in [-0.25, -0.2) is 0 Å². The molecule has 0 heterocycles. The summed E-state index contributed by atoms with van der Waals surface area (Å²) in [5.74, 6) is -0.847. The lowest BCUT2D eigenvalue weighted by atomic mass is 9.72. The maximum Gasteiger partial charge on any atom is 0.411 e. The molecule has 0 fully saturated rings. The first kappa shape index (κ1) is 33.3. The molecule has 2 amide bonds. The van der Waals surface area contributed by atoms with Crippen LogP contribution in [0, 0.1) is 27.7 Å². The standard InChI is InChI=1S/C35H32F6N2O2/c1-21-5-11-27(17-23(21)3)31(44)42-19-25-7-13-29(14-8-25)33(34(36,37)38,35(39,40)41)30-15-9-26(10-16-30)20-43-32(45)28-12-6-22(2)24(4)18-28/h5-18H,19-20H2,1-4H3,(H,42,44)(H,43,45). The molecule has 236 valence electrons. The van der Waals surface area contributed by atoms with Crippen LogP contribution in [-0.4, -0.2) is 24.2 Å². The molecule has 0 saturated heterocycles. The summed E-state index contributed by atoms with van der Waals surface area (Å²) in [7, 11) is 0. The molecule has 0 bridgehead atoms. The Bertz CT molecular complexity index is 1560. The van der Waals surface area contributed by atoms with Gasteiger partial charge in [0.15, 0.2) is 0 Å². The Kier molecular flexibility index (Phi) is 9.46. The molecule has 0 saturated carbocycles. The van der Waals surface area contributed by atoms with Gasteiger partial charge in [-0.15, -0.1) is 0 Å². The molecule has 4 nitrogen and oxygen atoms in total. The van der Waals surface area contributed by atoms with Gasteiger partial charge in [-0.05, 0) is 96.5 Å². The van der Waals surface area contributed by atoms with Crippen molar-refractivity contribution in [3.05, 3.63) is 141 Å². The zero-order valence-corrected chi connectivity index (χ0v) is 25.1. The second kappa shape index (κ2) is 12.8. The maximum absolute atomic E-state index is 14.6. The van der Waals surface area contributed by atoms with Gasteiger partial charge < -0.3 is 10.6 Å². The fourth-order valence-corrected chi connectivity index (χ4v) is 5.06. The van der Waals surface area contributed by atoms with Crippen molar-refractivity contribution >= 4 is 11.8 Å². The minimum absolute atomic E-state index is 0.0976. The van der Waals surface area contributed by atoms with Gasteiger partial charge in [-0.2, -0.15) is 26.3 Å². The third-order valence-electron chi connectivity index (χ3n) is 8.07. The molecule has 4 aromatic carbocycles. The molecule has 0 aromatic heterocycles. The number of alkyl halides is 6. The molecule has 0 aliphatic rings. The summed E-state index contributed by atoms with van der Waals surface area (Å²) in [6.07, 6.45) is -11.5. The first-order valence-corrected chi connectivity index (χ1v) is 14.1. The van der Waals surface area contributed by atoms with Crippen LogP contribution in [0.2, 0.25) is 0 Å². The van der Waals surface area contributed by atoms with Crippen LogP contribution in [-0.2, 0) is 18.5 Å². The topological polar surface area (TPSA) is 58.2 Å². The summed E-state index contributed by atoms with van der Waals surface area (Å²) in [5.41, 5.74) is -1.13. The molecule has 0 atom stereocenters. The first-order chi connectivity index (χ1) is 21.0. The van der Waals surface area contributed by atoms with Crippen molar-refractivity contribution in [2.24, 2.45) is 0 Å². The minimum atomic E-state index is -5.75. The van der Waals surface area contributed by atoms with E-state index < -0.39 is 40.7 Å². The van der Waals surface area contributed by atoms with Gasteiger partial charge in [0.2, 0.25) is 5.41 Å². The quantitative estimate of drug-likeness (QED) is 0.194. The Morgan fingerprint density at radius 1 is 0.511 bits per heavy atom. The number of carbonyl (C=O) groups is 2. The average Bonchev–Trinajstić information content (AvgIpc) is 2.97. The van der Waals surface area contributed by atoms with Crippen LogP contribution < -0.4 is 10.6 Å². The lowest BCUT2D eigenvalue weighted by Gasteiger charge is -2.38. The number of carbonyl (C=O) groups excluding carboxylic acids is 2. The van der Waals surface area contributed by atoms with Gasteiger partial charge in [0.1, 0.15) is 0 Å². The van der Waals surface area contributed by atoms with E-state index in [1.807, 2.05) is 27.7 Å². The second-order valence-corrected chi connectivity index (χ2v) is 11.1. The predicted molar refractivity (Wildman–Crippen MR) is 160 cm³/mol. The molecule has 0 radical (unpaired) electrons. The van der Waals surface area contributed by atoms with E-state index in [4.69, 9.17) is 0 Å². The number of hydrogen-bond donors (Lipinski definition) is 2. The molecule has 2 N–H and O–H groups in total. The van der Waals surface area contributed by atoms with Gasteiger partial charge in [-0.3, -0.25) is 9.59 Å². The van der Waals surface area contributed by atoms with E-state index in [9.17, 15) is 35.9 Å². The van der Waals surface area contributed by atoms with Crippen molar-refractivity contribution < 1.29 is 35.9 Å². The van der Waals surface area contributed by atoms with Crippen molar-refractivity contribution in [3.63, 3.8) is 0 Å². The molecule has 4 aromatic rings. The molecular weight excluding hydrogens is 594 g/mol. The minimum Gasteiger partial charge on any atom is -0.348 e. The van der Waals surface area contributed by atoms with E-state index in [0.717, 1.165) is 70.8 Å². The van der Waals surface area contributed by atoms with Crippen molar-refractivity contribution in [2.75, 3.05) is 0 Å². The van der Waals surface area contributed by atoms with Gasteiger partial charge in [0.05, 0.1) is 0 Å². The average molecular weight is 627 g/mol. The normalized spacial score (nSPS) is 12.1. The molecular formula is C35H32F6N2O2. The largest absolute Gasteiger partial charge is 0.411 e. The van der Waals surface area contributed by atoms with Crippen LogP contribution in [0.3, 0.4) is 0 Å². The lowest BCUT2D eigenvalue weighted by molar-refractivity contribution is -0.288. The maximum atomic E-state index is 14.6. The van der Waals surface area contributed by atoms with Crippen molar-refractivity contribution in [2.45, 2.75) is 58.6 Å². The summed E-state index contributed by atoms with van der Waals surface area (Å²) in [4.78, 5) is 25.1. The first-order valence-electron chi connectivity index (χ1n) is 14.1. The Morgan fingerprint density at radius 2 is 0.844 bits per heavy atom. The van der Waals surface area contributed by atoms with Gasteiger partial charge >= 0.3 is 12.4 Å². The highest BCUT2D eigenvalue weighted by Crippen LogP contribution is 2.56. The van der Waals surface area contributed by atoms with Crippen LogP contribution in [0.15, 0.2) is 84.9 Å². The number of benzene rings is 4. The second-order valence-electron chi connectivity index (χ2n) is 11.1. The van der Waals surface area contributed by atoms with Gasteiger partial charge in [-0.1, -0.05) is 60.7 Å². The van der Waals surface area contributed by atoms with E-state index in [1.54, 1.807) is 36.4 Å². The fourth-order valence-electron chi connectivity index (χ4n) is 5.06. The number of nitrogens with one attached hydrogen (secondary N) is 2. The van der Waals surface area contributed by atoms with Crippen LogP contribution in [0.4, 0.5) is 26.3 Å². The highest BCUT2D eigenvalue weighted by Gasteiger charge is 2.72. The van der Waals surface area contributed by atoms with Crippen LogP contribution in [0.1, 0.15) is 65.2 Å². The van der Waals surface area contributed by atoms with E-state index in [2.05, 4.69) is 10.6 Å². The Hall–Kier alpha value is -4.60. The zero-order chi connectivity index (χ0) is 33.2. The summed E-state index contributed by atoms with van der Waals surface area (Å²) in [6, 6.07) is 17.9. The van der Waals surface area contributed by atoms with Crippen LogP contribution in [0.25, 0.3) is 0 Å². The molecule has 10 heteroatoms. The third kappa shape index (κ3) is 6.90. The summed E-state index contributed by atoms with van der Waals surface area (Å²) >= 11 is 0. The van der Waals surface area contributed by atoms with E-state index >= 15 is 0 Å². The summed E-state index contributed by atoms with van der Waals surface area (Å²) in [6.45, 7) is 7.28. The zero-order valence-electron chi connectivity index (χ0n) is 25.1. The van der Waals surface area contributed by atoms with Crippen molar-refractivity contribution in [1.29, 1.82) is 0 Å². The molecule has 0 aliphatic carbocycles. The predicted octanol–water partition coefficient (Wildman–Crippen LogP) is 8.19. The molecule has 0 unspecified atom stereocenters. The van der Waals surface area contributed by atoms with E-state index in [0.29, 0.717) is 22.3 Å². The number of rotatable bonds is 8. The Balaban J connectivity index is 1.56. The number of hydrogen-bond acceptors (Lipinski definition) is 2. The smallest absolute Gasteiger partial charge is 0.348 e. The lowest BCUT2D eigenvalue weighted by Crippen LogP contribution is -2.54. The highest BCUT2D eigenvalue weighted by molar-refractivity contribution is 5.95. The monoisotopic (exact) mass is 626 g/mol. The van der Waals surface area contributed by atoms with Crippen LogP contribution in [0.5, 0.6) is 0 Å². The number of amides is 2. The summed E-state index contributed by atoms with van der Waals surface area (Å²) < 4.78 is 87.7. The van der Waals surface area contributed by atoms with E-state index in [1.165, 1.54) is 0 Å². The van der Waals surface area contributed by atoms with Gasteiger partial charge in [0.25, 0.3) is 11.8 Å². The number of aryl methyl sites for hydroxylation is 4. The van der Waals surface area contributed by atoms with Crippen molar-refractivity contribution in [1.82, 2.24) is 10.6 Å². The molecule has 0 spiro atoms. The molecule has 45 heavy (non-hydrogen) atoms. The SMILES string of the molecule is Cc1ccc(C(=O)NCc2ccc(C(c3ccc(CNC(=O)c4ccc(C)c(C)c4)cc3)(C(F)(F)F)C(F)(F)F)cc2)cc1C. The Labute approximate surface area is 257 Å². The third-order valence-corrected chi connectivity index (χ3v) is 8.07. The highest BCUT2D eigenvalue weighted by atomic mass is 19.4. The summed E-state index contributed by atoms with van der Waals surface area (Å²) in [5, 5.41) is 5.28. The van der Waals surface area contributed by atoms with E-state index in [-0.39, 0.29) is 13.1 Å². The Morgan fingerprint density at radius 3 is 1.13 bits per heavy atom. The van der Waals surface area contributed by atoms with Gasteiger partial charge in [0, 0.05) is 24.2 Å². The van der Waals surface area contributed by atoms with Crippen molar-refractivity contribution in [3.8, 4) is 0 Å².